The van der Waals surface area contributed by atoms with E-state index in [4.69, 9.17) is 9.84 Å². The molecule has 0 saturated heterocycles. The molecule has 1 heterocycles. The molecule has 0 amide bonds. The largest absolute Gasteiger partial charge is 0.394 e. The number of rotatable bonds is 9. The predicted octanol–water partition coefficient (Wildman–Crippen LogP) is 4.73. The molecule has 0 bridgehead atoms. The minimum absolute atomic E-state index is 0.0403. The molecule has 0 unspecified atom stereocenters. The van der Waals surface area contributed by atoms with Gasteiger partial charge in [-0.25, -0.2) is 0 Å². The number of nitrogens with zero attached hydrogens (tertiary/aromatic N) is 3. The summed E-state index contributed by atoms with van der Waals surface area (Å²) in [7, 11) is 0. The van der Waals surface area contributed by atoms with Crippen molar-refractivity contribution in [2.75, 3.05) is 25.6 Å². The van der Waals surface area contributed by atoms with Gasteiger partial charge in [-0.2, -0.15) is 0 Å². The van der Waals surface area contributed by atoms with Crippen molar-refractivity contribution in [3.8, 4) is 5.69 Å². The van der Waals surface area contributed by atoms with E-state index in [1.807, 2.05) is 0 Å². The number of hydrogen-bond donors (Lipinski definition) is 1. The summed E-state index contributed by atoms with van der Waals surface area (Å²) in [4.78, 5) is 0. The second kappa shape index (κ2) is 10.1. The van der Waals surface area contributed by atoms with Gasteiger partial charge in [0.15, 0.2) is 5.16 Å². The molecule has 1 aromatic heterocycles. The van der Waals surface area contributed by atoms with E-state index in [2.05, 4.69) is 89.3 Å². The van der Waals surface area contributed by atoms with Crippen LogP contribution < -0.4 is 0 Å². The number of benzene rings is 3. The highest BCUT2D eigenvalue weighted by molar-refractivity contribution is 7.99. The Balaban J connectivity index is 1.70. The van der Waals surface area contributed by atoms with Gasteiger partial charge in [0.05, 0.1) is 25.5 Å². The van der Waals surface area contributed by atoms with E-state index in [1.165, 1.54) is 27.5 Å². The standard InChI is InChI=1S/C25H27N3O2S/c1-18-10-11-23(19(2)16-18)28-24(26-27-25(28)31-15-14-30-13-12-29)17-21-8-5-7-20-6-3-4-9-22(20)21/h3-11,16,29H,12-15,17H2,1-2H3. The molecule has 5 nitrogen and oxygen atoms in total. The van der Waals surface area contributed by atoms with Crippen LogP contribution in [-0.2, 0) is 11.2 Å². The lowest BCUT2D eigenvalue weighted by atomic mass is 10.0. The molecule has 3 aromatic carbocycles. The van der Waals surface area contributed by atoms with E-state index < -0.39 is 0 Å². The van der Waals surface area contributed by atoms with Crippen LogP contribution in [0.25, 0.3) is 16.5 Å². The zero-order valence-corrected chi connectivity index (χ0v) is 18.7. The third-order valence-electron chi connectivity index (χ3n) is 5.22. The summed E-state index contributed by atoms with van der Waals surface area (Å²) in [6.45, 7) is 5.19. The van der Waals surface area contributed by atoms with Crippen LogP contribution in [0.2, 0.25) is 0 Å². The Morgan fingerprint density at radius 3 is 2.65 bits per heavy atom. The fourth-order valence-electron chi connectivity index (χ4n) is 3.78. The highest BCUT2D eigenvalue weighted by Gasteiger charge is 2.17. The van der Waals surface area contributed by atoms with E-state index in [1.54, 1.807) is 11.8 Å². The van der Waals surface area contributed by atoms with E-state index >= 15 is 0 Å². The Morgan fingerprint density at radius 1 is 0.968 bits per heavy atom. The van der Waals surface area contributed by atoms with Crippen LogP contribution in [0, 0.1) is 13.8 Å². The summed E-state index contributed by atoms with van der Waals surface area (Å²) < 4.78 is 7.59. The lowest BCUT2D eigenvalue weighted by Crippen LogP contribution is -2.07. The van der Waals surface area contributed by atoms with Crippen LogP contribution >= 0.6 is 11.8 Å². The van der Waals surface area contributed by atoms with Crippen LogP contribution in [0.5, 0.6) is 0 Å². The average Bonchev–Trinajstić information content (AvgIpc) is 3.16. The molecule has 4 rings (SSSR count). The third-order valence-corrected chi connectivity index (χ3v) is 6.11. The van der Waals surface area contributed by atoms with Crippen molar-refractivity contribution < 1.29 is 9.84 Å². The van der Waals surface area contributed by atoms with Crippen molar-refractivity contribution in [2.24, 2.45) is 0 Å². The molecule has 0 aliphatic rings. The average molecular weight is 434 g/mol. The molecule has 0 saturated carbocycles. The van der Waals surface area contributed by atoms with E-state index in [0.717, 1.165) is 22.4 Å². The number of aromatic nitrogens is 3. The molecule has 0 atom stereocenters. The van der Waals surface area contributed by atoms with Crippen molar-refractivity contribution in [2.45, 2.75) is 25.4 Å². The Bertz CT molecular complexity index is 1170. The highest BCUT2D eigenvalue weighted by atomic mass is 32.2. The van der Waals surface area contributed by atoms with Crippen molar-refractivity contribution in [3.05, 3.63) is 83.2 Å². The van der Waals surface area contributed by atoms with Crippen molar-refractivity contribution >= 4 is 22.5 Å². The molecule has 31 heavy (non-hydrogen) atoms. The normalized spacial score (nSPS) is 11.3. The molecule has 4 aromatic rings. The van der Waals surface area contributed by atoms with Crippen LogP contribution in [-0.4, -0.2) is 45.4 Å². The third kappa shape index (κ3) is 4.98. The number of aryl methyl sites for hydroxylation is 2. The summed E-state index contributed by atoms with van der Waals surface area (Å²) in [5, 5.41) is 21.3. The molecule has 1 N–H and O–H groups in total. The second-order valence-electron chi connectivity index (χ2n) is 7.52. The zero-order chi connectivity index (χ0) is 21.6. The van der Waals surface area contributed by atoms with Gasteiger partial charge in [-0.1, -0.05) is 71.9 Å². The number of fused-ring (bicyclic) bond motifs is 1. The fourth-order valence-corrected chi connectivity index (χ4v) is 4.60. The van der Waals surface area contributed by atoms with Gasteiger partial charge in [-0.15, -0.1) is 10.2 Å². The molecule has 6 heteroatoms. The molecule has 0 radical (unpaired) electrons. The first-order valence-corrected chi connectivity index (χ1v) is 11.5. The van der Waals surface area contributed by atoms with Gasteiger partial charge in [-0.05, 0) is 41.8 Å². The number of aliphatic hydroxyl groups excluding tert-OH is 1. The SMILES string of the molecule is Cc1ccc(-n2c(Cc3cccc4ccccc34)nnc2SCCOCCO)c(C)c1. The van der Waals surface area contributed by atoms with Gasteiger partial charge in [0, 0.05) is 12.2 Å². The first-order chi connectivity index (χ1) is 15.2. The van der Waals surface area contributed by atoms with Crippen LogP contribution in [0.3, 0.4) is 0 Å². The van der Waals surface area contributed by atoms with Crippen molar-refractivity contribution in [3.63, 3.8) is 0 Å². The number of ether oxygens (including phenoxy) is 1. The summed E-state index contributed by atoms with van der Waals surface area (Å²) in [5.74, 6) is 1.67. The number of aliphatic hydroxyl groups is 1. The van der Waals surface area contributed by atoms with Gasteiger partial charge in [0.1, 0.15) is 5.82 Å². The molecule has 0 aliphatic carbocycles. The quantitative estimate of drug-likeness (QED) is 0.305. The zero-order valence-electron chi connectivity index (χ0n) is 17.9. The maximum atomic E-state index is 8.89. The first kappa shape index (κ1) is 21.6. The van der Waals surface area contributed by atoms with Gasteiger partial charge >= 0.3 is 0 Å². The molecular weight excluding hydrogens is 406 g/mol. The number of thioether (sulfide) groups is 1. The molecular formula is C25H27N3O2S. The second-order valence-corrected chi connectivity index (χ2v) is 8.59. The fraction of sp³-hybridized carbons (Fsp3) is 0.280. The summed E-state index contributed by atoms with van der Waals surface area (Å²) in [6, 6.07) is 21.3. The van der Waals surface area contributed by atoms with E-state index in [9.17, 15) is 0 Å². The summed E-state index contributed by atoms with van der Waals surface area (Å²) in [6.07, 6.45) is 0.698. The Kier molecular flexibility index (Phi) is 7.02. The maximum Gasteiger partial charge on any atom is 0.195 e. The lowest BCUT2D eigenvalue weighted by molar-refractivity contribution is 0.103. The smallest absolute Gasteiger partial charge is 0.195 e. The minimum Gasteiger partial charge on any atom is -0.394 e. The van der Waals surface area contributed by atoms with Gasteiger partial charge in [-0.3, -0.25) is 4.57 Å². The summed E-state index contributed by atoms with van der Waals surface area (Å²) in [5.41, 5.74) is 4.76. The van der Waals surface area contributed by atoms with E-state index in [0.29, 0.717) is 19.6 Å². The van der Waals surface area contributed by atoms with Gasteiger partial charge in [0.2, 0.25) is 0 Å². The van der Waals surface area contributed by atoms with Crippen molar-refractivity contribution in [1.29, 1.82) is 0 Å². The predicted molar refractivity (Wildman–Crippen MR) is 126 cm³/mol. The van der Waals surface area contributed by atoms with E-state index in [-0.39, 0.29) is 6.61 Å². The van der Waals surface area contributed by atoms with Gasteiger partial charge < -0.3 is 9.84 Å². The Morgan fingerprint density at radius 2 is 1.81 bits per heavy atom. The molecule has 0 spiro atoms. The van der Waals surface area contributed by atoms with Crippen LogP contribution in [0.1, 0.15) is 22.5 Å². The Labute approximate surface area is 187 Å². The maximum absolute atomic E-state index is 8.89. The molecule has 160 valence electrons. The molecule has 0 fully saturated rings. The first-order valence-electron chi connectivity index (χ1n) is 10.5. The van der Waals surface area contributed by atoms with Crippen LogP contribution in [0.4, 0.5) is 0 Å². The summed E-state index contributed by atoms with van der Waals surface area (Å²) >= 11 is 1.62. The highest BCUT2D eigenvalue weighted by Crippen LogP contribution is 2.28. The monoisotopic (exact) mass is 433 g/mol. The van der Waals surface area contributed by atoms with Gasteiger partial charge in [0.25, 0.3) is 0 Å². The van der Waals surface area contributed by atoms with Crippen molar-refractivity contribution in [1.82, 2.24) is 14.8 Å². The minimum atomic E-state index is 0.0403. The topological polar surface area (TPSA) is 60.2 Å². The number of hydrogen-bond acceptors (Lipinski definition) is 5. The molecule has 0 aliphatic heterocycles. The Hall–Kier alpha value is -2.67. The van der Waals surface area contributed by atoms with Crippen LogP contribution in [0.15, 0.2) is 65.8 Å². The lowest BCUT2D eigenvalue weighted by Gasteiger charge is -2.14.